The Labute approximate surface area is 113 Å². The summed E-state index contributed by atoms with van der Waals surface area (Å²) in [6.45, 7) is 5.49. The molecule has 0 saturated carbocycles. The van der Waals surface area contributed by atoms with Gasteiger partial charge in [0.15, 0.2) is 0 Å². The van der Waals surface area contributed by atoms with Crippen molar-refractivity contribution in [1.82, 2.24) is 5.32 Å². The van der Waals surface area contributed by atoms with Crippen molar-refractivity contribution >= 4 is 11.3 Å². The molecule has 1 unspecified atom stereocenters. The Bertz CT molecular complexity index is 539. The maximum Gasteiger partial charge on any atom is 0.0349 e. The van der Waals surface area contributed by atoms with Crippen LogP contribution >= 0.6 is 11.3 Å². The van der Waals surface area contributed by atoms with Gasteiger partial charge in [0.25, 0.3) is 0 Å². The van der Waals surface area contributed by atoms with E-state index in [1.54, 1.807) is 4.88 Å². The number of thiophene rings is 1. The lowest BCUT2D eigenvalue weighted by Gasteiger charge is -2.19. The van der Waals surface area contributed by atoms with Crippen molar-refractivity contribution < 1.29 is 0 Å². The fourth-order valence-electron chi connectivity index (χ4n) is 2.47. The number of hydrogen-bond acceptors (Lipinski definition) is 2. The molecular weight excluding hydrogens is 238 g/mol. The van der Waals surface area contributed by atoms with Crippen LogP contribution < -0.4 is 5.32 Å². The highest BCUT2D eigenvalue weighted by atomic mass is 32.1. The molecule has 1 aliphatic heterocycles. The summed E-state index contributed by atoms with van der Waals surface area (Å²) in [6, 6.07) is 12.0. The molecule has 1 atom stereocenters. The zero-order valence-corrected chi connectivity index (χ0v) is 11.8. The lowest BCUT2D eigenvalue weighted by Crippen LogP contribution is -2.31. The predicted octanol–water partition coefficient (Wildman–Crippen LogP) is 4.01. The van der Waals surface area contributed by atoms with Gasteiger partial charge in [-0.2, -0.15) is 0 Å². The number of nitrogens with one attached hydrogen (secondary N) is 1. The van der Waals surface area contributed by atoms with Gasteiger partial charge in [-0.05, 0) is 42.5 Å². The van der Waals surface area contributed by atoms with E-state index in [2.05, 4.69) is 49.5 Å². The van der Waals surface area contributed by atoms with Crippen LogP contribution in [0.2, 0.25) is 0 Å². The molecule has 0 spiro atoms. The molecule has 2 heterocycles. The molecule has 0 fully saturated rings. The third-order valence-electron chi connectivity index (χ3n) is 3.68. The standard InChI is InChI=1S/C16H19NS/c1-3-12-4-6-13(7-5-12)16-9-14-10-17-11(2)8-15(14)18-16/h4-7,9,11,17H,3,8,10H2,1-2H3. The van der Waals surface area contributed by atoms with Gasteiger partial charge in [-0.15, -0.1) is 11.3 Å². The maximum atomic E-state index is 3.53. The topological polar surface area (TPSA) is 12.0 Å². The van der Waals surface area contributed by atoms with Gasteiger partial charge in [0, 0.05) is 22.3 Å². The quantitative estimate of drug-likeness (QED) is 0.857. The molecule has 94 valence electrons. The molecule has 18 heavy (non-hydrogen) atoms. The molecule has 1 aromatic heterocycles. The molecule has 1 N–H and O–H groups in total. The minimum absolute atomic E-state index is 0.617. The van der Waals surface area contributed by atoms with E-state index in [0.717, 1.165) is 13.0 Å². The van der Waals surface area contributed by atoms with Gasteiger partial charge >= 0.3 is 0 Å². The first-order valence-corrected chi connectivity index (χ1v) is 7.52. The Kier molecular flexibility index (Phi) is 3.23. The molecule has 0 aliphatic carbocycles. The molecule has 1 aliphatic rings. The Morgan fingerprint density at radius 2 is 2.06 bits per heavy atom. The van der Waals surface area contributed by atoms with E-state index in [4.69, 9.17) is 0 Å². The van der Waals surface area contributed by atoms with Gasteiger partial charge in [0.05, 0.1) is 0 Å². The average molecular weight is 257 g/mol. The fraction of sp³-hybridized carbons (Fsp3) is 0.375. The number of benzene rings is 1. The van der Waals surface area contributed by atoms with Gasteiger partial charge < -0.3 is 5.32 Å². The molecular formula is C16H19NS. The second-order valence-corrected chi connectivity index (χ2v) is 6.23. The van der Waals surface area contributed by atoms with E-state index in [0.29, 0.717) is 6.04 Å². The van der Waals surface area contributed by atoms with E-state index in [1.165, 1.54) is 28.0 Å². The van der Waals surface area contributed by atoms with Crippen molar-refractivity contribution in [2.45, 2.75) is 39.3 Å². The number of hydrogen-bond donors (Lipinski definition) is 1. The van der Waals surface area contributed by atoms with Crippen LogP contribution in [-0.4, -0.2) is 6.04 Å². The van der Waals surface area contributed by atoms with Gasteiger partial charge in [-0.1, -0.05) is 31.2 Å². The average Bonchev–Trinajstić information content (AvgIpc) is 2.81. The Hall–Kier alpha value is -1.12. The number of aryl methyl sites for hydroxylation is 1. The third-order valence-corrected chi connectivity index (χ3v) is 4.92. The third kappa shape index (κ3) is 2.23. The smallest absolute Gasteiger partial charge is 0.0349 e. The van der Waals surface area contributed by atoms with Crippen molar-refractivity contribution in [2.75, 3.05) is 0 Å². The van der Waals surface area contributed by atoms with Crippen LogP contribution in [0.4, 0.5) is 0 Å². The van der Waals surface area contributed by atoms with E-state index in [-0.39, 0.29) is 0 Å². The molecule has 3 rings (SSSR count). The summed E-state index contributed by atoms with van der Waals surface area (Å²) in [5, 5.41) is 3.53. The summed E-state index contributed by atoms with van der Waals surface area (Å²) >= 11 is 1.97. The second kappa shape index (κ2) is 4.87. The monoisotopic (exact) mass is 257 g/mol. The van der Waals surface area contributed by atoms with Crippen LogP contribution in [0, 0.1) is 0 Å². The molecule has 1 nitrogen and oxygen atoms in total. The van der Waals surface area contributed by atoms with Crippen molar-refractivity contribution in [3.8, 4) is 10.4 Å². The molecule has 1 aromatic carbocycles. The number of fused-ring (bicyclic) bond motifs is 1. The highest BCUT2D eigenvalue weighted by Crippen LogP contribution is 2.34. The maximum absolute atomic E-state index is 3.53. The van der Waals surface area contributed by atoms with E-state index in [9.17, 15) is 0 Å². The molecule has 0 amide bonds. The first-order chi connectivity index (χ1) is 8.76. The van der Waals surface area contributed by atoms with Crippen molar-refractivity contribution in [3.05, 3.63) is 46.3 Å². The molecule has 0 saturated heterocycles. The summed E-state index contributed by atoms with van der Waals surface area (Å²) in [5.74, 6) is 0. The van der Waals surface area contributed by atoms with Crippen LogP contribution in [0.15, 0.2) is 30.3 Å². The summed E-state index contributed by atoms with van der Waals surface area (Å²) in [7, 11) is 0. The van der Waals surface area contributed by atoms with Gasteiger partial charge in [-0.3, -0.25) is 0 Å². The first-order valence-electron chi connectivity index (χ1n) is 6.70. The molecule has 0 bridgehead atoms. The van der Waals surface area contributed by atoms with Gasteiger partial charge in [-0.25, -0.2) is 0 Å². The van der Waals surface area contributed by atoms with Crippen LogP contribution in [0.5, 0.6) is 0 Å². The van der Waals surface area contributed by atoms with Crippen LogP contribution in [0.1, 0.15) is 29.9 Å². The van der Waals surface area contributed by atoms with E-state index in [1.807, 2.05) is 11.3 Å². The lowest BCUT2D eigenvalue weighted by atomic mass is 10.0. The summed E-state index contributed by atoms with van der Waals surface area (Å²) in [6.07, 6.45) is 2.29. The van der Waals surface area contributed by atoms with Crippen molar-refractivity contribution in [1.29, 1.82) is 0 Å². The molecule has 2 aromatic rings. The largest absolute Gasteiger partial charge is 0.310 e. The Balaban J connectivity index is 1.92. The highest BCUT2D eigenvalue weighted by molar-refractivity contribution is 7.15. The molecule has 2 heteroatoms. The first kappa shape index (κ1) is 11.9. The Morgan fingerprint density at radius 3 is 2.78 bits per heavy atom. The highest BCUT2D eigenvalue weighted by Gasteiger charge is 2.17. The minimum Gasteiger partial charge on any atom is -0.310 e. The Morgan fingerprint density at radius 1 is 1.28 bits per heavy atom. The second-order valence-electron chi connectivity index (χ2n) is 5.10. The summed E-state index contributed by atoms with van der Waals surface area (Å²) in [4.78, 5) is 2.98. The van der Waals surface area contributed by atoms with E-state index >= 15 is 0 Å². The summed E-state index contributed by atoms with van der Waals surface area (Å²) in [5.41, 5.74) is 4.27. The SMILES string of the molecule is CCc1ccc(-c2cc3c(s2)CC(C)NC3)cc1. The zero-order chi connectivity index (χ0) is 12.5. The minimum atomic E-state index is 0.617. The van der Waals surface area contributed by atoms with Crippen LogP contribution in [0.3, 0.4) is 0 Å². The lowest BCUT2D eigenvalue weighted by molar-refractivity contribution is 0.520. The van der Waals surface area contributed by atoms with Crippen molar-refractivity contribution in [2.24, 2.45) is 0 Å². The van der Waals surface area contributed by atoms with Gasteiger partial charge in [0.2, 0.25) is 0 Å². The predicted molar refractivity (Wildman–Crippen MR) is 79.1 cm³/mol. The normalized spacial score (nSPS) is 18.7. The zero-order valence-electron chi connectivity index (χ0n) is 11.0. The summed E-state index contributed by atoms with van der Waals surface area (Å²) < 4.78 is 0. The van der Waals surface area contributed by atoms with Crippen LogP contribution in [-0.2, 0) is 19.4 Å². The van der Waals surface area contributed by atoms with Gasteiger partial charge in [0.1, 0.15) is 0 Å². The molecule has 0 radical (unpaired) electrons. The van der Waals surface area contributed by atoms with Crippen LogP contribution in [0.25, 0.3) is 10.4 Å². The fourth-order valence-corrected chi connectivity index (χ4v) is 3.79. The van der Waals surface area contributed by atoms with E-state index < -0.39 is 0 Å². The number of rotatable bonds is 2. The van der Waals surface area contributed by atoms with Crippen molar-refractivity contribution in [3.63, 3.8) is 0 Å².